The SMILES string of the molecule is Cc1ccc(S(=O)(=O)N(Cc2ccccc2)S(=O)(=O)c2ccc(C)cc2)cc1. The summed E-state index contributed by atoms with van der Waals surface area (Å²) in [5, 5.41) is 0. The van der Waals surface area contributed by atoms with Gasteiger partial charge in [-0.25, -0.2) is 16.8 Å². The predicted molar refractivity (Wildman–Crippen MR) is 109 cm³/mol. The van der Waals surface area contributed by atoms with Gasteiger partial charge in [0.15, 0.2) is 0 Å². The molecule has 0 atom stereocenters. The van der Waals surface area contributed by atoms with Crippen molar-refractivity contribution in [2.45, 2.75) is 30.2 Å². The average Bonchev–Trinajstić information content (AvgIpc) is 2.67. The Morgan fingerprint density at radius 3 is 1.39 bits per heavy atom. The highest BCUT2D eigenvalue weighted by molar-refractivity contribution is 8.04. The van der Waals surface area contributed by atoms with E-state index in [9.17, 15) is 16.8 Å². The Balaban J connectivity index is 2.14. The van der Waals surface area contributed by atoms with Crippen LogP contribution in [0.4, 0.5) is 0 Å². The molecule has 7 heteroatoms. The summed E-state index contributed by atoms with van der Waals surface area (Å²) in [6.07, 6.45) is 0. The summed E-state index contributed by atoms with van der Waals surface area (Å²) < 4.78 is 53.7. The lowest BCUT2D eigenvalue weighted by atomic mass is 10.2. The summed E-state index contributed by atoms with van der Waals surface area (Å²) in [6.45, 7) is 3.38. The molecule has 0 spiro atoms. The standard InChI is InChI=1S/C21H21NO4S2/c1-17-8-12-20(13-9-17)27(23,24)22(16-19-6-4-3-5-7-19)28(25,26)21-14-10-18(2)11-15-21/h3-15H,16H2,1-2H3. The third-order valence-electron chi connectivity index (χ3n) is 4.33. The van der Waals surface area contributed by atoms with Gasteiger partial charge in [-0.15, -0.1) is 0 Å². The lowest BCUT2D eigenvalue weighted by Gasteiger charge is -2.22. The van der Waals surface area contributed by atoms with E-state index in [0.29, 0.717) is 9.27 Å². The first-order chi connectivity index (χ1) is 13.2. The van der Waals surface area contributed by atoms with Gasteiger partial charge in [0.2, 0.25) is 0 Å². The summed E-state index contributed by atoms with van der Waals surface area (Å²) >= 11 is 0. The van der Waals surface area contributed by atoms with Crippen molar-refractivity contribution in [2.75, 3.05) is 0 Å². The highest BCUT2D eigenvalue weighted by Crippen LogP contribution is 2.27. The fourth-order valence-corrected chi connectivity index (χ4v) is 6.31. The van der Waals surface area contributed by atoms with Crippen molar-refractivity contribution in [3.8, 4) is 0 Å². The second-order valence-corrected chi connectivity index (χ2v) is 10.5. The minimum atomic E-state index is -4.29. The van der Waals surface area contributed by atoms with Gasteiger partial charge in [-0.3, -0.25) is 0 Å². The molecule has 0 heterocycles. The maximum absolute atomic E-state index is 13.3. The second kappa shape index (κ2) is 7.87. The Bertz CT molecular complexity index is 1080. The summed E-state index contributed by atoms with van der Waals surface area (Å²) in [4.78, 5) is -0.130. The van der Waals surface area contributed by atoms with E-state index in [1.807, 2.05) is 13.8 Å². The Kier molecular flexibility index (Phi) is 5.69. The molecule has 0 N–H and O–H groups in total. The van der Waals surface area contributed by atoms with Gasteiger partial charge >= 0.3 is 0 Å². The largest absolute Gasteiger partial charge is 0.256 e. The van der Waals surface area contributed by atoms with Gasteiger partial charge in [-0.1, -0.05) is 69.4 Å². The predicted octanol–water partition coefficient (Wildman–Crippen LogP) is 3.88. The van der Waals surface area contributed by atoms with E-state index in [0.717, 1.165) is 11.1 Å². The van der Waals surface area contributed by atoms with Crippen LogP contribution < -0.4 is 0 Å². The molecule has 0 aliphatic carbocycles. The molecular formula is C21H21NO4S2. The number of nitrogens with zero attached hydrogens (tertiary/aromatic N) is 1. The van der Waals surface area contributed by atoms with E-state index >= 15 is 0 Å². The van der Waals surface area contributed by atoms with Crippen LogP contribution in [0.1, 0.15) is 16.7 Å². The molecule has 0 unspecified atom stereocenters. The highest BCUT2D eigenvalue weighted by atomic mass is 32.3. The van der Waals surface area contributed by atoms with E-state index in [2.05, 4.69) is 0 Å². The molecule has 3 rings (SSSR count). The molecule has 0 fully saturated rings. The smallest absolute Gasteiger partial charge is 0.206 e. The van der Waals surface area contributed by atoms with Gasteiger partial charge in [0.25, 0.3) is 20.0 Å². The first-order valence-electron chi connectivity index (χ1n) is 8.66. The fraction of sp³-hybridized carbons (Fsp3) is 0.143. The zero-order chi connectivity index (χ0) is 20.4. The molecule has 0 saturated carbocycles. The van der Waals surface area contributed by atoms with Crippen LogP contribution in [0.15, 0.2) is 88.7 Å². The van der Waals surface area contributed by atoms with Crippen LogP contribution in [0.5, 0.6) is 0 Å². The Morgan fingerprint density at radius 1 is 0.607 bits per heavy atom. The van der Waals surface area contributed by atoms with Crippen molar-refractivity contribution in [3.05, 3.63) is 95.6 Å². The number of aryl methyl sites for hydroxylation is 2. The Labute approximate surface area is 166 Å². The number of hydrogen-bond acceptors (Lipinski definition) is 4. The van der Waals surface area contributed by atoms with Gasteiger partial charge in [0, 0.05) is 0 Å². The van der Waals surface area contributed by atoms with Crippen LogP contribution in [0.25, 0.3) is 0 Å². The Morgan fingerprint density at radius 2 is 1.00 bits per heavy atom. The minimum Gasteiger partial charge on any atom is -0.206 e. The first kappa shape index (κ1) is 20.3. The van der Waals surface area contributed by atoms with Crippen molar-refractivity contribution in [2.24, 2.45) is 0 Å². The molecule has 28 heavy (non-hydrogen) atoms. The van der Waals surface area contributed by atoms with E-state index in [4.69, 9.17) is 0 Å². The topological polar surface area (TPSA) is 71.5 Å². The number of benzene rings is 3. The number of rotatable bonds is 6. The molecule has 3 aromatic rings. The summed E-state index contributed by atoms with van der Waals surface area (Å²) in [6, 6.07) is 20.9. The van der Waals surface area contributed by atoms with Crippen molar-refractivity contribution in [1.29, 1.82) is 0 Å². The number of hydrogen-bond donors (Lipinski definition) is 0. The van der Waals surface area contributed by atoms with E-state index in [-0.39, 0.29) is 16.3 Å². The molecular weight excluding hydrogens is 394 g/mol. The molecule has 0 aliphatic rings. The Hall–Kier alpha value is -2.48. The van der Waals surface area contributed by atoms with E-state index in [1.165, 1.54) is 24.3 Å². The average molecular weight is 416 g/mol. The zero-order valence-corrected chi connectivity index (χ0v) is 17.2. The lowest BCUT2D eigenvalue weighted by Crippen LogP contribution is -2.36. The third-order valence-corrected chi connectivity index (χ3v) is 8.57. The van der Waals surface area contributed by atoms with Crippen molar-refractivity contribution >= 4 is 20.0 Å². The molecule has 0 radical (unpaired) electrons. The lowest BCUT2D eigenvalue weighted by molar-refractivity contribution is 0.494. The van der Waals surface area contributed by atoms with Crippen LogP contribution >= 0.6 is 0 Å². The summed E-state index contributed by atoms with van der Waals surface area (Å²) in [5.74, 6) is 0. The maximum Gasteiger partial charge on any atom is 0.256 e. The molecule has 0 aliphatic heterocycles. The van der Waals surface area contributed by atoms with Gasteiger partial charge in [0.05, 0.1) is 16.3 Å². The summed E-state index contributed by atoms with van der Waals surface area (Å²) in [5.41, 5.74) is 2.35. The van der Waals surface area contributed by atoms with Crippen LogP contribution in [0.2, 0.25) is 0 Å². The van der Waals surface area contributed by atoms with Gasteiger partial charge in [0.1, 0.15) is 0 Å². The van der Waals surface area contributed by atoms with E-state index in [1.54, 1.807) is 54.6 Å². The maximum atomic E-state index is 13.3. The van der Waals surface area contributed by atoms with Crippen molar-refractivity contribution < 1.29 is 16.8 Å². The van der Waals surface area contributed by atoms with Gasteiger partial charge < -0.3 is 0 Å². The van der Waals surface area contributed by atoms with Gasteiger partial charge in [-0.2, -0.15) is 0 Å². The summed E-state index contributed by atoms with van der Waals surface area (Å²) in [7, 11) is -8.57. The normalized spacial score (nSPS) is 12.2. The van der Waals surface area contributed by atoms with Gasteiger partial charge in [-0.05, 0) is 43.7 Å². The molecule has 5 nitrogen and oxygen atoms in total. The van der Waals surface area contributed by atoms with Crippen LogP contribution in [-0.4, -0.2) is 20.5 Å². The molecule has 146 valence electrons. The van der Waals surface area contributed by atoms with Crippen LogP contribution in [-0.2, 0) is 26.6 Å². The van der Waals surface area contributed by atoms with E-state index < -0.39 is 20.0 Å². The monoisotopic (exact) mass is 415 g/mol. The molecule has 0 amide bonds. The van der Waals surface area contributed by atoms with Crippen LogP contribution in [0, 0.1) is 13.8 Å². The third kappa shape index (κ3) is 4.16. The van der Waals surface area contributed by atoms with Crippen molar-refractivity contribution in [3.63, 3.8) is 0 Å². The minimum absolute atomic E-state index is 0.0651. The number of sulfonamides is 2. The highest BCUT2D eigenvalue weighted by Gasteiger charge is 2.36. The van der Waals surface area contributed by atoms with Crippen LogP contribution in [0.3, 0.4) is 0 Å². The molecule has 0 aromatic heterocycles. The molecule has 0 saturated heterocycles. The zero-order valence-electron chi connectivity index (χ0n) is 15.6. The molecule has 0 bridgehead atoms. The quantitative estimate of drug-likeness (QED) is 0.612. The molecule has 3 aromatic carbocycles. The van der Waals surface area contributed by atoms with Crippen molar-refractivity contribution in [1.82, 2.24) is 3.71 Å². The fourth-order valence-electron chi connectivity index (χ4n) is 2.69. The first-order valence-corrected chi connectivity index (χ1v) is 11.5. The second-order valence-electron chi connectivity index (χ2n) is 6.55.